The van der Waals surface area contributed by atoms with Crippen LogP contribution in [0.5, 0.6) is 0 Å². The minimum Gasteiger partial charge on any atom is -0.337 e. The first-order valence-corrected chi connectivity index (χ1v) is 11.3. The molecule has 0 bridgehead atoms. The van der Waals surface area contributed by atoms with Crippen molar-refractivity contribution < 1.29 is 4.79 Å². The first kappa shape index (κ1) is 19.3. The molecule has 0 N–H and O–H groups in total. The summed E-state index contributed by atoms with van der Waals surface area (Å²) in [7, 11) is 2.00. The van der Waals surface area contributed by atoms with Crippen molar-refractivity contribution in [3.8, 4) is 0 Å². The quantitative estimate of drug-likeness (QED) is 0.417. The number of amidine groups is 1. The van der Waals surface area contributed by atoms with Gasteiger partial charge >= 0.3 is 0 Å². The first-order chi connectivity index (χ1) is 14.6. The van der Waals surface area contributed by atoms with E-state index in [0.29, 0.717) is 15.1 Å². The Morgan fingerprint density at radius 1 is 0.867 bits per heavy atom. The van der Waals surface area contributed by atoms with Gasteiger partial charge in [0.15, 0.2) is 5.17 Å². The number of carbonyl (C=O) groups excluding carboxylic acids is 1. The minimum atomic E-state index is -0.0685. The van der Waals surface area contributed by atoms with E-state index in [2.05, 4.69) is 17.0 Å². The number of anilines is 2. The smallest absolute Gasteiger partial charge is 0.274 e. The van der Waals surface area contributed by atoms with Gasteiger partial charge in [-0.2, -0.15) is 0 Å². The van der Waals surface area contributed by atoms with E-state index in [4.69, 9.17) is 16.6 Å². The zero-order valence-corrected chi connectivity index (χ0v) is 18.3. The number of halogens is 1. The highest BCUT2D eigenvalue weighted by atomic mass is 35.5. The molecule has 0 radical (unpaired) electrons. The van der Waals surface area contributed by atoms with Crippen molar-refractivity contribution in [1.82, 2.24) is 0 Å². The van der Waals surface area contributed by atoms with Crippen molar-refractivity contribution in [2.75, 3.05) is 16.8 Å². The van der Waals surface area contributed by atoms with E-state index in [1.165, 1.54) is 11.8 Å². The normalized spacial score (nSPS) is 19.7. The molecule has 7 heteroatoms. The van der Waals surface area contributed by atoms with Crippen LogP contribution in [0.25, 0.3) is 0 Å². The van der Waals surface area contributed by atoms with E-state index in [0.717, 1.165) is 27.0 Å². The lowest BCUT2D eigenvalue weighted by Crippen LogP contribution is -2.29. The zero-order chi connectivity index (χ0) is 20.7. The number of nitrogens with zero attached hydrogens (tertiary/aromatic N) is 3. The second-order valence-electron chi connectivity index (χ2n) is 6.71. The summed E-state index contributed by atoms with van der Waals surface area (Å²) in [4.78, 5) is 23.9. The van der Waals surface area contributed by atoms with Gasteiger partial charge in [0.2, 0.25) is 0 Å². The van der Waals surface area contributed by atoms with Crippen molar-refractivity contribution in [1.29, 1.82) is 0 Å². The molecule has 3 aromatic rings. The van der Waals surface area contributed by atoms with Gasteiger partial charge < -0.3 is 4.90 Å². The second kappa shape index (κ2) is 7.87. The molecule has 3 aromatic carbocycles. The maximum atomic E-state index is 13.5. The lowest BCUT2D eigenvalue weighted by molar-refractivity contribution is -0.113. The summed E-state index contributed by atoms with van der Waals surface area (Å²) in [5.41, 5.74) is 2.65. The number of hydrogen-bond donors (Lipinski definition) is 0. The van der Waals surface area contributed by atoms with Crippen molar-refractivity contribution in [2.45, 2.75) is 4.90 Å². The molecule has 148 valence electrons. The fourth-order valence-electron chi connectivity index (χ4n) is 3.31. The molecule has 0 unspecified atom stereocenters. The summed E-state index contributed by atoms with van der Waals surface area (Å²) < 4.78 is 0. The molecule has 1 amide bonds. The standard InChI is InChI=1S/C23H16ClN3OS2/c1-26-18-9-5-6-10-19(18)29-22(26)20-21(28)27(17-7-3-2-4-8-17)23(30-20)25-16-13-11-15(24)12-14-16/h2-14H,1H3/b22-20-,25-23?. The Hall–Kier alpha value is -2.67. The van der Waals surface area contributed by atoms with Gasteiger partial charge in [-0.15, -0.1) is 0 Å². The third-order valence-electron chi connectivity index (χ3n) is 4.78. The zero-order valence-electron chi connectivity index (χ0n) is 15.9. The highest BCUT2D eigenvalue weighted by Crippen LogP contribution is 2.50. The summed E-state index contributed by atoms with van der Waals surface area (Å²) in [6, 6.07) is 25.1. The summed E-state index contributed by atoms with van der Waals surface area (Å²) >= 11 is 9.03. The number of hydrogen-bond acceptors (Lipinski definition) is 5. The molecule has 4 nitrogen and oxygen atoms in total. The van der Waals surface area contributed by atoms with E-state index in [1.54, 1.807) is 28.8 Å². The molecule has 2 aliphatic rings. The Balaban J connectivity index is 1.61. The van der Waals surface area contributed by atoms with Crippen LogP contribution >= 0.6 is 35.1 Å². The van der Waals surface area contributed by atoms with Crippen molar-refractivity contribution >= 4 is 63.3 Å². The topological polar surface area (TPSA) is 35.9 Å². The number of thioether (sulfide) groups is 2. The van der Waals surface area contributed by atoms with Crippen molar-refractivity contribution in [3.05, 3.63) is 93.8 Å². The van der Waals surface area contributed by atoms with Crippen LogP contribution < -0.4 is 9.80 Å². The Kier molecular flexibility index (Phi) is 5.06. The van der Waals surface area contributed by atoms with Crippen LogP contribution in [0, 0.1) is 0 Å². The van der Waals surface area contributed by atoms with Gasteiger partial charge in [0.25, 0.3) is 5.91 Å². The molecule has 0 saturated carbocycles. The highest BCUT2D eigenvalue weighted by Gasteiger charge is 2.39. The van der Waals surface area contributed by atoms with E-state index >= 15 is 0 Å². The maximum Gasteiger partial charge on any atom is 0.274 e. The number of para-hydroxylation sites is 2. The van der Waals surface area contributed by atoms with Crippen LogP contribution in [0.4, 0.5) is 17.1 Å². The third-order valence-corrected chi connectivity index (χ3v) is 7.43. The average molecular weight is 450 g/mol. The van der Waals surface area contributed by atoms with Crippen LogP contribution in [0.1, 0.15) is 0 Å². The molecule has 0 spiro atoms. The molecule has 2 heterocycles. The van der Waals surface area contributed by atoms with Gasteiger partial charge in [0, 0.05) is 17.0 Å². The second-order valence-corrected chi connectivity index (χ2v) is 9.16. The number of amides is 1. The Morgan fingerprint density at radius 2 is 1.57 bits per heavy atom. The summed E-state index contributed by atoms with van der Waals surface area (Å²) in [6.45, 7) is 0. The van der Waals surface area contributed by atoms with Crippen LogP contribution in [0.3, 0.4) is 0 Å². The SMILES string of the molecule is CN1/C(=C2/SC(=Nc3ccc(Cl)cc3)N(c3ccccc3)C2=O)Sc2ccccc21. The van der Waals surface area contributed by atoms with Gasteiger partial charge in [-0.1, -0.05) is 53.7 Å². The molecule has 1 saturated heterocycles. The molecule has 1 fully saturated rings. The Labute approximate surface area is 188 Å². The first-order valence-electron chi connectivity index (χ1n) is 9.28. The monoisotopic (exact) mass is 449 g/mol. The molecule has 30 heavy (non-hydrogen) atoms. The van der Waals surface area contributed by atoms with E-state index in [-0.39, 0.29) is 5.91 Å². The summed E-state index contributed by atoms with van der Waals surface area (Å²) in [5, 5.41) is 2.20. The molecular weight excluding hydrogens is 434 g/mol. The number of fused-ring (bicyclic) bond motifs is 1. The average Bonchev–Trinajstić information content (AvgIpc) is 3.27. The fraction of sp³-hybridized carbons (Fsp3) is 0.0435. The van der Waals surface area contributed by atoms with Crippen molar-refractivity contribution in [3.63, 3.8) is 0 Å². The lowest BCUT2D eigenvalue weighted by Gasteiger charge is -2.16. The Bertz CT molecular complexity index is 1190. The highest BCUT2D eigenvalue weighted by molar-refractivity contribution is 8.20. The largest absolute Gasteiger partial charge is 0.337 e. The molecule has 0 aromatic heterocycles. The van der Waals surface area contributed by atoms with E-state index in [9.17, 15) is 4.79 Å². The number of benzene rings is 3. The number of aliphatic imine (C=N–C) groups is 1. The molecule has 0 atom stereocenters. The predicted octanol–water partition coefficient (Wildman–Crippen LogP) is 6.52. The lowest BCUT2D eigenvalue weighted by atomic mass is 10.3. The summed E-state index contributed by atoms with van der Waals surface area (Å²) in [6.07, 6.45) is 0. The predicted molar refractivity (Wildman–Crippen MR) is 128 cm³/mol. The van der Waals surface area contributed by atoms with Crippen molar-refractivity contribution in [2.24, 2.45) is 4.99 Å². The fourth-order valence-corrected chi connectivity index (χ4v) is 5.78. The van der Waals surface area contributed by atoms with Gasteiger partial charge in [-0.05, 0) is 60.3 Å². The number of rotatable bonds is 2. The van der Waals surface area contributed by atoms with Gasteiger partial charge in [-0.3, -0.25) is 9.69 Å². The van der Waals surface area contributed by atoms with Gasteiger partial charge in [-0.25, -0.2) is 4.99 Å². The van der Waals surface area contributed by atoms with Crippen LogP contribution in [-0.2, 0) is 4.79 Å². The van der Waals surface area contributed by atoms with Gasteiger partial charge in [0.1, 0.15) is 4.91 Å². The molecule has 5 rings (SSSR count). The molecular formula is C23H16ClN3OS2. The van der Waals surface area contributed by atoms with Crippen LogP contribution in [-0.4, -0.2) is 18.1 Å². The van der Waals surface area contributed by atoms with E-state index < -0.39 is 0 Å². The molecule has 0 aliphatic carbocycles. The summed E-state index contributed by atoms with van der Waals surface area (Å²) in [5.74, 6) is -0.0685. The van der Waals surface area contributed by atoms with Crippen LogP contribution in [0.15, 0.2) is 98.7 Å². The van der Waals surface area contributed by atoms with E-state index in [1.807, 2.05) is 61.6 Å². The van der Waals surface area contributed by atoms with Crippen LogP contribution in [0.2, 0.25) is 5.02 Å². The minimum absolute atomic E-state index is 0.0685. The Morgan fingerprint density at radius 3 is 2.30 bits per heavy atom. The maximum absolute atomic E-state index is 13.5. The molecule has 2 aliphatic heterocycles. The number of carbonyl (C=O) groups is 1. The van der Waals surface area contributed by atoms with Gasteiger partial charge in [0.05, 0.1) is 22.1 Å². The third kappa shape index (κ3) is 3.41.